The van der Waals surface area contributed by atoms with E-state index in [-0.39, 0.29) is 18.6 Å². The molecule has 8 nitrogen and oxygen atoms in total. The number of amides is 1. The molecule has 0 aliphatic carbocycles. The minimum absolute atomic E-state index is 0.0794. The molecule has 0 aromatic carbocycles. The van der Waals surface area contributed by atoms with Gasteiger partial charge >= 0.3 is 0 Å². The molecule has 1 atom stereocenters. The monoisotopic (exact) mass is 315 g/mol. The SMILES string of the molecule is Cn1nnnc1SCCNC(=O)COCC1CCCCO1. The van der Waals surface area contributed by atoms with Gasteiger partial charge in [-0.1, -0.05) is 11.8 Å². The van der Waals surface area contributed by atoms with Crippen LogP contribution in [-0.4, -0.2) is 64.3 Å². The quantitative estimate of drug-likeness (QED) is 0.533. The highest BCUT2D eigenvalue weighted by Crippen LogP contribution is 2.12. The van der Waals surface area contributed by atoms with E-state index >= 15 is 0 Å². The molecular formula is C12H21N5O3S. The first-order valence-electron chi connectivity index (χ1n) is 7.07. The van der Waals surface area contributed by atoms with Crippen molar-refractivity contribution in [2.75, 3.05) is 32.1 Å². The van der Waals surface area contributed by atoms with Gasteiger partial charge in [0.25, 0.3) is 0 Å². The lowest BCUT2D eigenvalue weighted by Gasteiger charge is -2.22. The fourth-order valence-electron chi connectivity index (χ4n) is 1.95. The average Bonchev–Trinajstić information content (AvgIpc) is 2.90. The summed E-state index contributed by atoms with van der Waals surface area (Å²) in [4.78, 5) is 11.6. The Morgan fingerprint density at radius 1 is 1.57 bits per heavy atom. The topological polar surface area (TPSA) is 91.2 Å². The lowest BCUT2D eigenvalue weighted by molar-refractivity contribution is -0.127. The molecule has 0 bridgehead atoms. The Labute approximate surface area is 127 Å². The third-order valence-electron chi connectivity index (χ3n) is 3.05. The predicted octanol–water partition coefficient (Wildman–Crippen LogP) is 0.00410. The number of nitrogens with zero attached hydrogens (tertiary/aromatic N) is 4. The van der Waals surface area contributed by atoms with Crippen LogP contribution >= 0.6 is 11.8 Å². The molecule has 1 aliphatic heterocycles. The maximum Gasteiger partial charge on any atom is 0.246 e. The summed E-state index contributed by atoms with van der Waals surface area (Å²) in [6, 6.07) is 0. The molecule has 1 aliphatic rings. The van der Waals surface area contributed by atoms with E-state index in [0.29, 0.717) is 18.9 Å². The predicted molar refractivity (Wildman–Crippen MR) is 76.9 cm³/mol. The Kier molecular flexibility index (Phi) is 6.90. The normalized spacial score (nSPS) is 18.6. The van der Waals surface area contributed by atoms with Crippen molar-refractivity contribution in [1.29, 1.82) is 0 Å². The fourth-order valence-corrected chi connectivity index (χ4v) is 2.65. The van der Waals surface area contributed by atoms with Crippen molar-refractivity contribution in [3.8, 4) is 0 Å². The smallest absolute Gasteiger partial charge is 0.246 e. The second-order valence-electron chi connectivity index (χ2n) is 4.79. The third kappa shape index (κ3) is 5.98. The minimum Gasteiger partial charge on any atom is -0.376 e. The molecule has 1 aromatic heterocycles. The summed E-state index contributed by atoms with van der Waals surface area (Å²) >= 11 is 1.49. The average molecular weight is 315 g/mol. The van der Waals surface area contributed by atoms with Gasteiger partial charge in [0, 0.05) is 26.0 Å². The summed E-state index contributed by atoms with van der Waals surface area (Å²) in [6.45, 7) is 1.93. The van der Waals surface area contributed by atoms with Crippen LogP contribution in [0.4, 0.5) is 0 Å². The van der Waals surface area contributed by atoms with Gasteiger partial charge < -0.3 is 14.8 Å². The first-order chi connectivity index (χ1) is 10.3. The second kappa shape index (κ2) is 8.96. The first-order valence-corrected chi connectivity index (χ1v) is 8.05. The van der Waals surface area contributed by atoms with E-state index < -0.39 is 0 Å². The Morgan fingerprint density at radius 2 is 2.48 bits per heavy atom. The molecule has 1 amide bonds. The van der Waals surface area contributed by atoms with Crippen molar-refractivity contribution in [2.24, 2.45) is 7.05 Å². The molecule has 0 radical (unpaired) electrons. The molecule has 118 valence electrons. The zero-order valence-corrected chi connectivity index (χ0v) is 13.0. The maximum atomic E-state index is 11.6. The fraction of sp³-hybridized carbons (Fsp3) is 0.833. The zero-order valence-electron chi connectivity index (χ0n) is 12.2. The van der Waals surface area contributed by atoms with Gasteiger partial charge in [0.05, 0.1) is 12.7 Å². The van der Waals surface area contributed by atoms with Gasteiger partial charge in [0.15, 0.2) is 0 Å². The number of hydrogen-bond donors (Lipinski definition) is 1. The number of rotatable bonds is 8. The van der Waals surface area contributed by atoms with E-state index in [9.17, 15) is 4.79 Å². The molecular weight excluding hydrogens is 294 g/mol. The van der Waals surface area contributed by atoms with Gasteiger partial charge in [-0.2, -0.15) is 0 Å². The minimum atomic E-state index is -0.109. The Morgan fingerprint density at radius 3 is 3.19 bits per heavy atom. The summed E-state index contributed by atoms with van der Waals surface area (Å²) in [7, 11) is 1.78. The number of nitrogens with one attached hydrogen (secondary N) is 1. The molecule has 1 fully saturated rings. The molecule has 1 aromatic rings. The van der Waals surface area contributed by atoms with Gasteiger partial charge in [0.2, 0.25) is 11.1 Å². The number of aryl methyl sites for hydroxylation is 1. The molecule has 0 spiro atoms. The highest BCUT2D eigenvalue weighted by Gasteiger charge is 2.14. The summed E-state index contributed by atoms with van der Waals surface area (Å²) in [5.74, 6) is 0.605. The van der Waals surface area contributed by atoms with Crippen LogP contribution in [0.25, 0.3) is 0 Å². The molecule has 1 N–H and O–H groups in total. The molecule has 0 saturated carbocycles. The van der Waals surface area contributed by atoms with E-state index in [2.05, 4.69) is 20.8 Å². The molecule has 9 heteroatoms. The van der Waals surface area contributed by atoms with Crippen molar-refractivity contribution in [1.82, 2.24) is 25.5 Å². The molecule has 1 unspecified atom stereocenters. The van der Waals surface area contributed by atoms with Crippen LogP contribution in [0.5, 0.6) is 0 Å². The van der Waals surface area contributed by atoms with E-state index in [1.54, 1.807) is 11.7 Å². The lowest BCUT2D eigenvalue weighted by atomic mass is 10.1. The van der Waals surface area contributed by atoms with E-state index in [1.165, 1.54) is 18.2 Å². The van der Waals surface area contributed by atoms with Crippen LogP contribution in [0, 0.1) is 0 Å². The number of ether oxygens (including phenoxy) is 2. The van der Waals surface area contributed by atoms with Crippen molar-refractivity contribution in [3.05, 3.63) is 0 Å². The van der Waals surface area contributed by atoms with Crippen molar-refractivity contribution >= 4 is 17.7 Å². The summed E-state index contributed by atoms with van der Waals surface area (Å²) < 4.78 is 12.5. The van der Waals surface area contributed by atoms with Crippen LogP contribution in [0.2, 0.25) is 0 Å². The zero-order chi connectivity index (χ0) is 14.9. The largest absolute Gasteiger partial charge is 0.376 e. The van der Waals surface area contributed by atoms with Gasteiger partial charge in [-0.15, -0.1) is 5.10 Å². The highest BCUT2D eigenvalue weighted by atomic mass is 32.2. The number of carbonyl (C=O) groups excluding carboxylic acids is 1. The van der Waals surface area contributed by atoms with Crippen LogP contribution in [0.15, 0.2) is 5.16 Å². The maximum absolute atomic E-state index is 11.6. The van der Waals surface area contributed by atoms with E-state index in [4.69, 9.17) is 9.47 Å². The van der Waals surface area contributed by atoms with E-state index in [1.807, 2.05) is 0 Å². The van der Waals surface area contributed by atoms with Crippen LogP contribution < -0.4 is 5.32 Å². The molecule has 21 heavy (non-hydrogen) atoms. The van der Waals surface area contributed by atoms with E-state index in [0.717, 1.165) is 24.6 Å². The molecule has 2 heterocycles. The number of carbonyl (C=O) groups is 1. The Bertz CT molecular complexity index is 436. The van der Waals surface area contributed by atoms with Crippen molar-refractivity contribution < 1.29 is 14.3 Å². The lowest BCUT2D eigenvalue weighted by Crippen LogP contribution is -2.32. The van der Waals surface area contributed by atoms with Gasteiger partial charge in [-0.05, 0) is 29.7 Å². The Balaban J connectivity index is 1.48. The van der Waals surface area contributed by atoms with Crippen LogP contribution in [-0.2, 0) is 21.3 Å². The number of hydrogen-bond acceptors (Lipinski definition) is 7. The standard InChI is InChI=1S/C12H21N5O3S/c1-17-12(14-15-16-17)21-7-5-13-11(18)9-19-8-10-4-2-3-6-20-10/h10H,2-9H2,1H3,(H,13,18). The van der Waals surface area contributed by atoms with Crippen LogP contribution in [0.1, 0.15) is 19.3 Å². The molecule has 1 saturated heterocycles. The number of aromatic nitrogens is 4. The van der Waals surface area contributed by atoms with Gasteiger partial charge in [0.1, 0.15) is 6.61 Å². The van der Waals surface area contributed by atoms with Gasteiger partial charge in [-0.3, -0.25) is 4.79 Å². The highest BCUT2D eigenvalue weighted by molar-refractivity contribution is 7.99. The Hall–Kier alpha value is -1.19. The third-order valence-corrected chi connectivity index (χ3v) is 4.06. The summed E-state index contributed by atoms with van der Waals surface area (Å²) in [5, 5.41) is 14.7. The second-order valence-corrected chi connectivity index (χ2v) is 5.85. The van der Waals surface area contributed by atoms with Crippen molar-refractivity contribution in [3.63, 3.8) is 0 Å². The number of thioether (sulfide) groups is 1. The van der Waals surface area contributed by atoms with Crippen molar-refractivity contribution in [2.45, 2.75) is 30.5 Å². The summed E-state index contributed by atoms with van der Waals surface area (Å²) in [5.41, 5.74) is 0. The first kappa shape index (κ1) is 16.2. The van der Waals surface area contributed by atoms with Crippen LogP contribution in [0.3, 0.4) is 0 Å². The summed E-state index contributed by atoms with van der Waals surface area (Å²) in [6.07, 6.45) is 3.46. The number of tetrazole rings is 1. The van der Waals surface area contributed by atoms with Gasteiger partial charge in [-0.25, -0.2) is 4.68 Å². The molecule has 2 rings (SSSR count).